The number of para-hydroxylation sites is 2. The van der Waals surface area contributed by atoms with E-state index in [-0.39, 0.29) is 17.9 Å². The van der Waals surface area contributed by atoms with Crippen LogP contribution < -0.4 is 15.5 Å². The summed E-state index contributed by atoms with van der Waals surface area (Å²) in [6.07, 6.45) is 0. The van der Waals surface area contributed by atoms with Crippen LogP contribution in [0.5, 0.6) is 0 Å². The molecular formula is C22H24ClN5O2. The van der Waals surface area contributed by atoms with Crippen LogP contribution in [-0.2, 0) is 17.9 Å². The van der Waals surface area contributed by atoms with Gasteiger partial charge in [0.1, 0.15) is 6.04 Å². The topological polar surface area (TPSA) is 79.3 Å². The first-order valence-electron chi connectivity index (χ1n) is 9.99. The number of nitrogens with one attached hydrogen (secondary N) is 2. The minimum absolute atomic E-state index is 0.0689. The fourth-order valence-electron chi connectivity index (χ4n) is 3.63. The van der Waals surface area contributed by atoms with Crippen LogP contribution in [0.2, 0.25) is 5.02 Å². The molecule has 7 nitrogen and oxygen atoms in total. The quantitative estimate of drug-likeness (QED) is 0.656. The summed E-state index contributed by atoms with van der Waals surface area (Å²) < 4.78 is 2.03. The minimum atomic E-state index is -0.650. The van der Waals surface area contributed by atoms with Gasteiger partial charge in [0.2, 0.25) is 11.9 Å². The molecule has 3 amide bonds. The van der Waals surface area contributed by atoms with Gasteiger partial charge in [-0.15, -0.1) is 0 Å². The molecule has 1 aliphatic heterocycles. The number of nitrogens with zero attached hydrogens (tertiary/aromatic N) is 3. The number of anilines is 1. The van der Waals surface area contributed by atoms with Crippen molar-refractivity contribution < 1.29 is 9.59 Å². The second-order valence-electron chi connectivity index (χ2n) is 7.72. The van der Waals surface area contributed by atoms with E-state index < -0.39 is 6.04 Å². The van der Waals surface area contributed by atoms with Crippen molar-refractivity contribution in [3.8, 4) is 0 Å². The lowest BCUT2D eigenvalue weighted by Crippen LogP contribution is -2.53. The Kier molecular flexibility index (Phi) is 5.63. The number of fused-ring (bicyclic) bond motifs is 3. The van der Waals surface area contributed by atoms with Crippen LogP contribution in [0, 0.1) is 5.92 Å². The highest BCUT2D eigenvalue weighted by atomic mass is 35.5. The maximum atomic E-state index is 13.0. The molecule has 0 saturated heterocycles. The summed E-state index contributed by atoms with van der Waals surface area (Å²) in [4.78, 5) is 31.9. The van der Waals surface area contributed by atoms with Crippen LogP contribution in [0.4, 0.5) is 10.7 Å². The Labute approximate surface area is 180 Å². The summed E-state index contributed by atoms with van der Waals surface area (Å²) >= 11 is 5.90. The van der Waals surface area contributed by atoms with Gasteiger partial charge in [-0.25, -0.2) is 9.78 Å². The molecule has 1 aromatic heterocycles. The monoisotopic (exact) mass is 425 g/mol. The highest BCUT2D eigenvalue weighted by Crippen LogP contribution is 2.27. The summed E-state index contributed by atoms with van der Waals surface area (Å²) in [7, 11) is 0. The summed E-state index contributed by atoms with van der Waals surface area (Å²) in [5, 5.41) is 6.44. The SMILES string of the molecule is CC(C)C(NC(=O)N1CCn2c1nc1ccccc12)C(=O)NCc1ccc(Cl)cc1. The maximum Gasteiger partial charge on any atom is 0.324 e. The van der Waals surface area contributed by atoms with Crippen molar-refractivity contribution in [2.24, 2.45) is 5.92 Å². The van der Waals surface area contributed by atoms with Crippen LogP contribution in [0.1, 0.15) is 19.4 Å². The molecule has 0 saturated carbocycles. The summed E-state index contributed by atoms with van der Waals surface area (Å²) in [5.74, 6) is 0.319. The fraction of sp³-hybridized carbons (Fsp3) is 0.318. The van der Waals surface area contributed by atoms with Crippen molar-refractivity contribution in [1.82, 2.24) is 20.2 Å². The zero-order chi connectivity index (χ0) is 21.3. The third-order valence-corrected chi connectivity index (χ3v) is 5.53. The summed E-state index contributed by atoms with van der Waals surface area (Å²) in [5.41, 5.74) is 2.80. The predicted molar refractivity (Wildman–Crippen MR) is 118 cm³/mol. The van der Waals surface area contributed by atoms with E-state index in [1.54, 1.807) is 17.0 Å². The molecule has 3 aromatic rings. The molecule has 30 heavy (non-hydrogen) atoms. The Bertz CT molecular complexity index is 1080. The Balaban J connectivity index is 1.44. The number of imidazole rings is 1. The second kappa shape index (κ2) is 8.36. The normalized spacial score (nSPS) is 14.1. The predicted octanol–water partition coefficient (Wildman–Crippen LogP) is 3.56. The van der Waals surface area contributed by atoms with E-state index in [0.29, 0.717) is 30.6 Å². The van der Waals surface area contributed by atoms with Crippen molar-refractivity contribution in [3.05, 3.63) is 59.1 Å². The summed E-state index contributed by atoms with van der Waals surface area (Å²) in [6.45, 7) is 5.39. The first kappa shape index (κ1) is 20.2. The molecule has 156 valence electrons. The van der Waals surface area contributed by atoms with Crippen LogP contribution in [-0.4, -0.2) is 34.1 Å². The zero-order valence-corrected chi connectivity index (χ0v) is 17.7. The molecule has 0 aliphatic carbocycles. The molecule has 1 unspecified atom stereocenters. The number of carbonyl (C=O) groups is 2. The Hall–Kier alpha value is -3.06. The van der Waals surface area contributed by atoms with E-state index >= 15 is 0 Å². The Morgan fingerprint density at radius 1 is 1.10 bits per heavy atom. The number of hydrogen-bond acceptors (Lipinski definition) is 3. The summed E-state index contributed by atoms with van der Waals surface area (Å²) in [6, 6.07) is 14.1. The first-order valence-corrected chi connectivity index (χ1v) is 10.4. The zero-order valence-electron chi connectivity index (χ0n) is 16.9. The van der Waals surface area contributed by atoms with Crippen molar-refractivity contribution in [2.45, 2.75) is 33.0 Å². The Morgan fingerprint density at radius 2 is 1.83 bits per heavy atom. The van der Waals surface area contributed by atoms with Gasteiger partial charge in [0.25, 0.3) is 0 Å². The Morgan fingerprint density at radius 3 is 2.57 bits per heavy atom. The van der Waals surface area contributed by atoms with E-state index in [1.807, 2.05) is 54.8 Å². The molecule has 0 spiro atoms. The van der Waals surface area contributed by atoms with Gasteiger partial charge < -0.3 is 15.2 Å². The third-order valence-electron chi connectivity index (χ3n) is 5.28. The van der Waals surface area contributed by atoms with Crippen LogP contribution >= 0.6 is 11.6 Å². The van der Waals surface area contributed by atoms with Crippen molar-refractivity contribution >= 4 is 40.5 Å². The van der Waals surface area contributed by atoms with Crippen molar-refractivity contribution in [2.75, 3.05) is 11.4 Å². The van der Waals surface area contributed by atoms with Crippen LogP contribution in [0.15, 0.2) is 48.5 Å². The van der Waals surface area contributed by atoms with Crippen LogP contribution in [0.25, 0.3) is 11.0 Å². The van der Waals surface area contributed by atoms with Crippen molar-refractivity contribution in [1.29, 1.82) is 0 Å². The molecule has 2 aromatic carbocycles. The van der Waals surface area contributed by atoms with E-state index in [2.05, 4.69) is 15.6 Å². The first-order chi connectivity index (χ1) is 14.4. The standard InChI is InChI=1S/C22H24ClN5O2/c1-14(2)19(20(29)24-13-15-7-9-16(23)10-8-15)26-22(30)28-12-11-27-18-6-4-3-5-17(18)25-21(27)28/h3-10,14,19H,11-13H2,1-2H3,(H,24,29)(H,26,30). The van der Waals surface area contributed by atoms with E-state index in [4.69, 9.17) is 11.6 Å². The molecule has 0 fully saturated rings. The maximum absolute atomic E-state index is 13.0. The molecule has 0 radical (unpaired) electrons. The number of carbonyl (C=O) groups excluding carboxylic acids is 2. The molecule has 2 N–H and O–H groups in total. The fourth-order valence-corrected chi connectivity index (χ4v) is 3.75. The molecule has 2 heterocycles. The van der Waals surface area contributed by atoms with E-state index in [9.17, 15) is 9.59 Å². The number of aromatic nitrogens is 2. The number of amides is 3. The van der Waals surface area contributed by atoms with Gasteiger partial charge in [-0.1, -0.05) is 49.7 Å². The molecular weight excluding hydrogens is 402 g/mol. The van der Waals surface area contributed by atoms with Gasteiger partial charge in [0.15, 0.2) is 0 Å². The lowest BCUT2D eigenvalue weighted by atomic mass is 10.0. The average molecular weight is 426 g/mol. The number of rotatable bonds is 5. The van der Waals surface area contributed by atoms with Gasteiger partial charge in [-0.05, 0) is 35.7 Å². The third kappa shape index (κ3) is 3.98. The smallest absolute Gasteiger partial charge is 0.324 e. The number of benzene rings is 2. The van der Waals surface area contributed by atoms with Crippen LogP contribution in [0.3, 0.4) is 0 Å². The van der Waals surface area contributed by atoms with E-state index in [1.165, 1.54) is 0 Å². The van der Waals surface area contributed by atoms with Gasteiger partial charge in [0.05, 0.1) is 11.0 Å². The molecule has 0 bridgehead atoms. The van der Waals surface area contributed by atoms with Gasteiger partial charge in [-0.2, -0.15) is 0 Å². The number of urea groups is 1. The lowest BCUT2D eigenvalue weighted by molar-refractivity contribution is -0.124. The highest BCUT2D eigenvalue weighted by molar-refractivity contribution is 6.30. The van der Waals surface area contributed by atoms with E-state index in [0.717, 1.165) is 16.6 Å². The average Bonchev–Trinajstić information content (AvgIpc) is 3.30. The largest absolute Gasteiger partial charge is 0.350 e. The van der Waals surface area contributed by atoms with Gasteiger partial charge >= 0.3 is 6.03 Å². The number of hydrogen-bond donors (Lipinski definition) is 2. The lowest BCUT2D eigenvalue weighted by Gasteiger charge is -2.24. The molecule has 1 aliphatic rings. The number of halogens is 1. The highest BCUT2D eigenvalue weighted by Gasteiger charge is 2.32. The second-order valence-corrected chi connectivity index (χ2v) is 8.16. The molecule has 8 heteroatoms. The van der Waals surface area contributed by atoms with Gasteiger partial charge in [-0.3, -0.25) is 9.69 Å². The van der Waals surface area contributed by atoms with Crippen molar-refractivity contribution in [3.63, 3.8) is 0 Å². The molecule has 1 atom stereocenters. The van der Waals surface area contributed by atoms with Gasteiger partial charge in [0, 0.05) is 24.7 Å². The minimum Gasteiger partial charge on any atom is -0.350 e. The molecule has 4 rings (SSSR count).